The normalized spacial score (nSPS) is 15.1. The lowest BCUT2D eigenvalue weighted by Gasteiger charge is -2.36. The van der Waals surface area contributed by atoms with Crippen LogP contribution in [0.1, 0.15) is 0 Å². The topological polar surface area (TPSA) is 178 Å². The molecule has 0 bridgehead atoms. The maximum absolute atomic E-state index is 14.2. The van der Waals surface area contributed by atoms with Crippen molar-refractivity contribution in [3.63, 3.8) is 0 Å². The lowest BCUT2D eigenvalue weighted by molar-refractivity contribution is -0.490. The largest absolute Gasteiger partial charge is 0.431 e. The summed E-state index contributed by atoms with van der Waals surface area (Å²) in [5.74, 6) is -20.7. The molecule has 2 N–H and O–H groups in total. The van der Waals surface area contributed by atoms with E-state index >= 15 is 0 Å². The second-order valence-electron chi connectivity index (χ2n) is 8.43. The Bertz CT molecular complexity index is 1990. The van der Waals surface area contributed by atoms with E-state index in [9.17, 15) is 95.1 Å². The molecule has 0 aliphatic rings. The summed E-state index contributed by atoms with van der Waals surface area (Å²) in [5.41, 5.74) is 0. The van der Waals surface area contributed by atoms with Crippen molar-refractivity contribution in [2.75, 3.05) is 0 Å². The molecule has 11 nitrogen and oxygen atoms in total. The predicted octanol–water partition coefficient (Wildman–Crippen LogP) is 3.95. The van der Waals surface area contributed by atoms with E-state index in [-0.39, 0.29) is 34.5 Å². The zero-order chi connectivity index (χ0) is 37.3. The van der Waals surface area contributed by atoms with Crippen LogP contribution in [0, 0.1) is 11.6 Å². The molecule has 2 aromatic rings. The number of rotatable bonds is 13. The second-order valence-corrected chi connectivity index (χ2v) is 15.5. The van der Waals surface area contributed by atoms with Crippen LogP contribution in [0.4, 0.5) is 61.5 Å². The van der Waals surface area contributed by atoms with Gasteiger partial charge in [-0.15, -0.1) is 0 Å². The maximum Gasteiger partial charge on any atom is 0.431 e. The average Bonchev–Trinajstić information content (AvgIpc) is 2.86. The number of sulfonamides is 2. The van der Waals surface area contributed by atoms with Gasteiger partial charge in [-0.05, 0) is 36.4 Å². The van der Waals surface area contributed by atoms with Gasteiger partial charge in [0, 0.05) is 6.07 Å². The first-order chi connectivity index (χ1) is 20.5. The molecule has 0 atom stereocenters. The van der Waals surface area contributed by atoms with Crippen LogP contribution in [0.15, 0.2) is 57.2 Å². The minimum Gasteiger partial charge on any atom is -0.282 e. The Morgan fingerprint density at radius 1 is 0.596 bits per heavy atom. The molecule has 2 rings (SSSR count). The van der Waals surface area contributed by atoms with E-state index in [1.807, 2.05) is 0 Å². The highest BCUT2D eigenvalue weighted by Crippen LogP contribution is 2.56. The molecule has 0 saturated heterocycles. The highest BCUT2D eigenvalue weighted by molar-refractivity contribution is 8.05. The van der Waals surface area contributed by atoms with Crippen molar-refractivity contribution in [3.05, 3.63) is 54.1 Å². The minimum absolute atomic E-state index is 0.0103. The van der Waals surface area contributed by atoms with E-state index in [1.54, 1.807) is 0 Å². The molecule has 0 aromatic heterocycles. The van der Waals surface area contributed by atoms with E-state index in [4.69, 9.17) is 4.55 Å². The van der Waals surface area contributed by atoms with E-state index in [1.165, 1.54) is 4.74 Å². The summed E-state index contributed by atoms with van der Waals surface area (Å²) in [6.07, 6.45) is -16.1. The third kappa shape index (κ3) is 6.73. The monoisotopic (exact) mass is 793 g/mol. The Kier molecular flexibility index (Phi) is 9.98. The molecule has 0 fully saturated rings. The van der Waals surface area contributed by atoms with Crippen molar-refractivity contribution < 1.29 is 104 Å². The number of ether oxygens (including phenoxy) is 1. The second kappa shape index (κ2) is 11.6. The quantitative estimate of drug-likeness (QED) is 0.172. The molecular weight excluding hydrogens is 784 g/mol. The van der Waals surface area contributed by atoms with E-state index in [0.29, 0.717) is 0 Å². The van der Waals surface area contributed by atoms with Crippen molar-refractivity contribution >= 4 is 40.0 Å². The van der Waals surface area contributed by atoms with Crippen LogP contribution in [-0.4, -0.2) is 72.8 Å². The standard InChI is InChI=1S/C18H9F14NO10S4/c19-8-1-6-12(11(20)7-8)44(34,35)17(29,30)13(21,22)15(25,26)43-16(27,28)14(23,24)18(31,32)47(41,42)33-45(36,37)9-2-4-10(5-3-9)46(38,39)40/h1-7,33H,(H,38,39,40). The van der Waals surface area contributed by atoms with Crippen LogP contribution in [0.25, 0.3) is 0 Å². The van der Waals surface area contributed by atoms with Gasteiger partial charge in [-0.2, -0.15) is 61.1 Å². The Balaban J connectivity index is 2.53. The number of alkyl halides is 12. The molecule has 0 aliphatic heterocycles. The molecule has 0 aliphatic carbocycles. The summed E-state index contributed by atoms with van der Waals surface area (Å²) in [4.78, 5) is -5.51. The fourth-order valence-corrected chi connectivity index (χ4v) is 7.52. The lowest BCUT2D eigenvalue weighted by atomic mass is 10.3. The number of benzene rings is 2. The van der Waals surface area contributed by atoms with Crippen LogP contribution in [0.3, 0.4) is 0 Å². The Labute approximate surface area is 251 Å². The molecule has 0 radical (unpaired) electrons. The van der Waals surface area contributed by atoms with Gasteiger partial charge in [0.1, 0.15) is 16.5 Å². The first-order valence-electron chi connectivity index (χ1n) is 10.6. The van der Waals surface area contributed by atoms with Crippen LogP contribution in [0.2, 0.25) is 0 Å². The summed E-state index contributed by atoms with van der Waals surface area (Å²) in [6, 6.07) is -1.13. The molecule has 0 amide bonds. The number of halogens is 14. The van der Waals surface area contributed by atoms with E-state index in [2.05, 4.69) is 0 Å². The van der Waals surface area contributed by atoms with Crippen LogP contribution in [0.5, 0.6) is 0 Å². The molecule has 47 heavy (non-hydrogen) atoms. The number of sulfone groups is 1. The fraction of sp³-hybridized carbons (Fsp3) is 0.333. The molecule has 0 heterocycles. The van der Waals surface area contributed by atoms with Crippen molar-refractivity contribution in [1.29, 1.82) is 0 Å². The average molecular weight is 794 g/mol. The summed E-state index contributed by atoms with van der Waals surface area (Å²) < 4.78 is 299. The Morgan fingerprint density at radius 2 is 1.00 bits per heavy atom. The number of nitrogens with one attached hydrogen (secondary N) is 1. The summed E-state index contributed by atoms with van der Waals surface area (Å²) in [5, 5.41) is -15.4. The van der Waals surface area contributed by atoms with E-state index in [0.717, 1.165) is 0 Å². The minimum atomic E-state index is -8.16. The first-order valence-corrected chi connectivity index (χ1v) is 16.4. The van der Waals surface area contributed by atoms with Gasteiger partial charge in [0.2, 0.25) is 0 Å². The first kappa shape index (κ1) is 40.3. The molecule has 0 spiro atoms. The Hall–Kier alpha value is -2.86. The van der Waals surface area contributed by atoms with Gasteiger partial charge < -0.3 is 0 Å². The highest BCUT2D eigenvalue weighted by Gasteiger charge is 2.85. The van der Waals surface area contributed by atoms with Crippen molar-refractivity contribution in [1.82, 2.24) is 4.13 Å². The van der Waals surface area contributed by atoms with Gasteiger partial charge in [0.25, 0.3) is 40.0 Å². The number of hydrogen-bond acceptors (Lipinski definition) is 9. The van der Waals surface area contributed by atoms with Gasteiger partial charge in [0.15, 0.2) is 0 Å². The summed E-state index contributed by atoms with van der Waals surface area (Å²) in [6.45, 7) is 0. The van der Waals surface area contributed by atoms with Crippen LogP contribution < -0.4 is 4.13 Å². The van der Waals surface area contributed by atoms with Gasteiger partial charge >= 0.3 is 34.6 Å². The molecule has 0 unspecified atom stereocenters. The molecule has 29 heteroatoms. The maximum atomic E-state index is 14.2. The smallest absolute Gasteiger partial charge is 0.282 e. The lowest BCUT2D eigenvalue weighted by Crippen LogP contribution is -2.66. The molecule has 2 aromatic carbocycles. The SMILES string of the molecule is O=S(=O)(O)c1ccc(S(=O)(=O)NS(=O)(=O)C(F)(F)C(F)(F)C(F)(F)OC(F)(F)C(F)(F)C(F)(F)S(=O)(=O)c2ccc(F)cc2F)cc1. The Morgan fingerprint density at radius 3 is 1.40 bits per heavy atom. The molecule has 0 saturated carbocycles. The molecular formula is C18H9F14NO10S4. The van der Waals surface area contributed by atoms with Gasteiger partial charge in [-0.1, -0.05) is 4.13 Å². The van der Waals surface area contributed by atoms with Gasteiger partial charge in [0.05, 0.1) is 9.79 Å². The van der Waals surface area contributed by atoms with Crippen molar-refractivity contribution in [2.24, 2.45) is 0 Å². The molecule has 268 valence electrons. The summed E-state index contributed by atoms with van der Waals surface area (Å²) >= 11 is 0. The third-order valence-corrected chi connectivity index (χ3v) is 11.5. The highest BCUT2D eigenvalue weighted by atomic mass is 32.3. The number of hydrogen-bond donors (Lipinski definition) is 2. The van der Waals surface area contributed by atoms with Crippen LogP contribution in [-0.2, 0) is 44.7 Å². The van der Waals surface area contributed by atoms with Crippen LogP contribution >= 0.6 is 0 Å². The third-order valence-electron chi connectivity index (χ3n) is 5.23. The zero-order valence-corrected chi connectivity index (χ0v) is 24.4. The van der Waals surface area contributed by atoms with E-state index < -0.39 is 113 Å². The van der Waals surface area contributed by atoms with Crippen molar-refractivity contribution in [2.45, 2.75) is 49.3 Å². The fourth-order valence-electron chi connectivity index (χ4n) is 2.83. The van der Waals surface area contributed by atoms with Gasteiger partial charge in [-0.3, -0.25) is 4.55 Å². The zero-order valence-electron chi connectivity index (χ0n) is 21.1. The summed E-state index contributed by atoms with van der Waals surface area (Å²) in [7, 11) is -26.8. The van der Waals surface area contributed by atoms with Gasteiger partial charge in [-0.25, -0.2) is 38.8 Å². The van der Waals surface area contributed by atoms with Crippen molar-refractivity contribution in [3.8, 4) is 0 Å². The predicted molar refractivity (Wildman–Crippen MR) is 120 cm³/mol.